The Hall–Kier alpha value is -4.23. The molecule has 0 saturated heterocycles. The lowest BCUT2D eigenvalue weighted by atomic mass is 9.94. The minimum atomic E-state index is -4.97. The normalized spacial score (nSPS) is 14.7. The van der Waals surface area contributed by atoms with Crippen LogP contribution in [0.3, 0.4) is 0 Å². The maximum Gasteiger partial charge on any atom is 0.333 e. The third-order valence-corrected chi connectivity index (χ3v) is 8.31. The molecule has 1 fully saturated rings. The average molecular weight is 545 g/mol. The van der Waals surface area contributed by atoms with Crippen LogP contribution < -0.4 is 10.2 Å². The molecule has 2 aromatic carbocycles. The molecular formula is C29H25FN4O4S. The van der Waals surface area contributed by atoms with Gasteiger partial charge in [-0.25, -0.2) is 0 Å². The number of nitrogens with zero attached hydrogens (tertiary/aromatic N) is 3. The molecule has 8 nitrogen and oxygen atoms in total. The Labute approximate surface area is 223 Å². The molecule has 0 atom stereocenters. The first-order chi connectivity index (χ1) is 18.8. The van der Waals surface area contributed by atoms with Crippen LogP contribution in [0.25, 0.3) is 44.0 Å². The number of aromatic amines is 1. The number of nitriles is 1. The van der Waals surface area contributed by atoms with Crippen LogP contribution in [-0.2, 0) is 10.2 Å². The van der Waals surface area contributed by atoms with Crippen LogP contribution in [0.2, 0.25) is 0 Å². The summed E-state index contributed by atoms with van der Waals surface area (Å²) in [5.74, 6) is 0.374. The Bertz CT molecular complexity index is 1980. The minimum Gasteiger partial charge on any atom is -0.493 e. The van der Waals surface area contributed by atoms with E-state index in [1.54, 1.807) is 24.3 Å². The molecule has 39 heavy (non-hydrogen) atoms. The fourth-order valence-corrected chi connectivity index (χ4v) is 6.24. The molecular weight excluding hydrogens is 519 g/mol. The van der Waals surface area contributed by atoms with Gasteiger partial charge in [0.1, 0.15) is 16.3 Å². The highest BCUT2D eigenvalue weighted by Gasteiger charge is 2.25. The monoisotopic (exact) mass is 544 g/mol. The number of aromatic nitrogens is 3. The number of pyridine rings is 2. The molecule has 0 spiro atoms. The number of halogens is 1. The summed E-state index contributed by atoms with van der Waals surface area (Å²) in [5, 5.41) is 11.2. The van der Waals surface area contributed by atoms with Crippen molar-refractivity contribution in [1.29, 1.82) is 5.26 Å². The molecule has 1 N–H and O–H groups in total. The first-order valence-corrected chi connectivity index (χ1v) is 14.3. The van der Waals surface area contributed by atoms with E-state index in [0.717, 1.165) is 43.7 Å². The molecule has 1 saturated carbocycles. The SMILES string of the molecule is CCOc1cc2c(=O)c3c4ccc(C#N)cc4[nH]c3n(C3CCCCC3)c2cc1-c1cncc(S(=O)(=O)F)c1. The number of rotatable bonds is 5. The van der Waals surface area contributed by atoms with Crippen molar-refractivity contribution in [2.75, 3.05) is 6.61 Å². The topological polar surface area (TPSA) is 118 Å². The summed E-state index contributed by atoms with van der Waals surface area (Å²) in [4.78, 5) is 20.9. The van der Waals surface area contributed by atoms with Gasteiger partial charge in [-0.15, -0.1) is 3.89 Å². The second kappa shape index (κ2) is 9.50. The second-order valence-corrected chi connectivity index (χ2v) is 11.2. The fourth-order valence-electron chi connectivity index (χ4n) is 5.79. The Balaban J connectivity index is 1.74. The molecule has 0 unspecified atom stereocenters. The van der Waals surface area contributed by atoms with Crippen LogP contribution in [0.5, 0.6) is 5.75 Å². The molecule has 198 valence electrons. The van der Waals surface area contributed by atoms with Gasteiger partial charge in [0.25, 0.3) is 0 Å². The molecule has 6 rings (SSSR count). The molecule has 5 aromatic rings. The molecule has 1 aliphatic carbocycles. The van der Waals surface area contributed by atoms with E-state index in [0.29, 0.717) is 56.5 Å². The predicted octanol–water partition coefficient (Wildman–Crippen LogP) is 6.13. The van der Waals surface area contributed by atoms with Gasteiger partial charge in [-0.2, -0.15) is 13.7 Å². The Morgan fingerprint density at radius 1 is 1.13 bits per heavy atom. The van der Waals surface area contributed by atoms with Gasteiger partial charge in [-0.3, -0.25) is 9.78 Å². The summed E-state index contributed by atoms with van der Waals surface area (Å²) >= 11 is 0. The lowest BCUT2D eigenvalue weighted by Gasteiger charge is -2.27. The van der Waals surface area contributed by atoms with Gasteiger partial charge in [0.05, 0.1) is 34.5 Å². The van der Waals surface area contributed by atoms with Gasteiger partial charge in [0, 0.05) is 40.5 Å². The number of nitrogens with one attached hydrogen (secondary N) is 1. The molecule has 0 bridgehead atoms. The summed E-state index contributed by atoms with van der Waals surface area (Å²) in [6.07, 6.45) is 7.54. The van der Waals surface area contributed by atoms with Crippen molar-refractivity contribution in [3.8, 4) is 22.9 Å². The van der Waals surface area contributed by atoms with Crippen molar-refractivity contribution < 1.29 is 17.0 Å². The van der Waals surface area contributed by atoms with E-state index in [2.05, 4.69) is 20.6 Å². The molecule has 3 heterocycles. The van der Waals surface area contributed by atoms with Gasteiger partial charge in [0.2, 0.25) is 0 Å². The van der Waals surface area contributed by atoms with E-state index in [1.807, 2.05) is 13.0 Å². The molecule has 10 heteroatoms. The molecule has 3 aromatic heterocycles. The van der Waals surface area contributed by atoms with Gasteiger partial charge in [-0.05, 0) is 50.1 Å². The summed E-state index contributed by atoms with van der Waals surface area (Å²) < 4.78 is 45.1. The second-order valence-electron chi connectivity index (χ2n) is 9.86. The average Bonchev–Trinajstić information content (AvgIpc) is 3.32. The standard InChI is InChI=1S/C29H25FN4O4S/c1-2-38-26-13-23-25(12-22(26)18-11-20(16-32-15-18)39(30,36)37)34(19-6-4-3-5-7-19)29-27(28(23)35)21-9-8-17(14-31)10-24(21)33-29/h8-13,15-16,19,33H,2-7H2,1H3. The Morgan fingerprint density at radius 2 is 1.92 bits per heavy atom. The molecule has 0 amide bonds. The van der Waals surface area contributed by atoms with Crippen molar-refractivity contribution in [2.24, 2.45) is 0 Å². The zero-order chi connectivity index (χ0) is 27.3. The van der Waals surface area contributed by atoms with E-state index in [4.69, 9.17) is 4.74 Å². The Kier molecular flexibility index (Phi) is 6.11. The van der Waals surface area contributed by atoms with E-state index in [9.17, 15) is 22.4 Å². The van der Waals surface area contributed by atoms with Crippen molar-refractivity contribution in [2.45, 2.75) is 50.0 Å². The Morgan fingerprint density at radius 3 is 2.64 bits per heavy atom. The van der Waals surface area contributed by atoms with Crippen LogP contribution in [0, 0.1) is 11.3 Å². The molecule has 1 aliphatic rings. The zero-order valence-electron chi connectivity index (χ0n) is 21.2. The van der Waals surface area contributed by atoms with Gasteiger partial charge in [0.15, 0.2) is 5.43 Å². The highest BCUT2D eigenvalue weighted by Crippen LogP contribution is 2.40. The van der Waals surface area contributed by atoms with E-state index < -0.39 is 15.1 Å². The van der Waals surface area contributed by atoms with E-state index in [-0.39, 0.29) is 11.5 Å². The van der Waals surface area contributed by atoms with Gasteiger partial charge < -0.3 is 14.3 Å². The lowest BCUT2D eigenvalue weighted by Crippen LogP contribution is -2.18. The number of ether oxygens (including phenoxy) is 1. The van der Waals surface area contributed by atoms with Gasteiger partial charge >= 0.3 is 10.2 Å². The summed E-state index contributed by atoms with van der Waals surface area (Å²) in [6.45, 7) is 2.11. The third-order valence-electron chi connectivity index (χ3n) is 7.52. The van der Waals surface area contributed by atoms with Crippen LogP contribution in [0.4, 0.5) is 3.89 Å². The van der Waals surface area contributed by atoms with Crippen LogP contribution >= 0.6 is 0 Å². The fraction of sp³-hybridized carbons (Fsp3) is 0.276. The highest BCUT2D eigenvalue weighted by atomic mass is 32.3. The van der Waals surface area contributed by atoms with Crippen molar-refractivity contribution >= 4 is 43.1 Å². The molecule has 0 aliphatic heterocycles. The van der Waals surface area contributed by atoms with Crippen molar-refractivity contribution in [3.05, 3.63) is 64.6 Å². The summed E-state index contributed by atoms with van der Waals surface area (Å²) in [5.41, 5.74) is 3.23. The zero-order valence-corrected chi connectivity index (χ0v) is 22.0. The van der Waals surface area contributed by atoms with E-state index >= 15 is 0 Å². The molecule has 0 radical (unpaired) electrons. The summed E-state index contributed by atoms with van der Waals surface area (Å²) in [6, 6.07) is 12.3. The predicted molar refractivity (Wildman–Crippen MR) is 147 cm³/mol. The maximum atomic E-state index is 14.0. The summed E-state index contributed by atoms with van der Waals surface area (Å²) in [7, 11) is -4.97. The maximum absolute atomic E-state index is 14.0. The minimum absolute atomic E-state index is 0.120. The number of hydrogen-bond donors (Lipinski definition) is 1. The first-order valence-electron chi connectivity index (χ1n) is 12.9. The van der Waals surface area contributed by atoms with Crippen molar-refractivity contribution in [3.63, 3.8) is 0 Å². The quantitative estimate of drug-likeness (QED) is 0.266. The smallest absolute Gasteiger partial charge is 0.333 e. The van der Waals surface area contributed by atoms with Gasteiger partial charge in [-0.1, -0.05) is 25.3 Å². The lowest BCUT2D eigenvalue weighted by molar-refractivity contribution is 0.342. The largest absolute Gasteiger partial charge is 0.493 e. The van der Waals surface area contributed by atoms with E-state index in [1.165, 1.54) is 12.3 Å². The van der Waals surface area contributed by atoms with Crippen LogP contribution in [0.15, 0.2) is 58.5 Å². The van der Waals surface area contributed by atoms with Crippen LogP contribution in [0.1, 0.15) is 50.6 Å². The van der Waals surface area contributed by atoms with Crippen LogP contribution in [-0.4, -0.2) is 29.6 Å². The number of H-pyrrole nitrogens is 1. The first kappa shape index (κ1) is 25.1. The number of hydrogen-bond acceptors (Lipinski definition) is 6. The highest BCUT2D eigenvalue weighted by molar-refractivity contribution is 7.86. The third kappa shape index (κ3) is 4.23. The number of benzene rings is 2. The number of fused-ring (bicyclic) bond motifs is 4. The van der Waals surface area contributed by atoms with Crippen molar-refractivity contribution in [1.82, 2.24) is 14.5 Å².